The predicted octanol–water partition coefficient (Wildman–Crippen LogP) is 1.41. The number of esters is 1. The van der Waals surface area contributed by atoms with Crippen molar-refractivity contribution in [3.8, 4) is 0 Å². The van der Waals surface area contributed by atoms with Crippen LogP contribution in [0.1, 0.15) is 19.3 Å². The Bertz CT molecular complexity index is 802. The third kappa shape index (κ3) is 2.49. The smallest absolute Gasteiger partial charge is 0.324 e. The Labute approximate surface area is 132 Å². The van der Waals surface area contributed by atoms with Crippen molar-refractivity contribution in [3.63, 3.8) is 0 Å². The zero-order chi connectivity index (χ0) is 15.7. The normalized spacial score (nSPS) is 20.1. The highest BCUT2D eigenvalue weighted by Crippen LogP contribution is 2.29. The number of rotatable bonds is 3. The van der Waals surface area contributed by atoms with Gasteiger partial charge in [-0.1, -0.05) is 6.07 Å². The number of nitrogens with zero attached hydrogens (tertiary/aromatic N) is 3. The summed E-state index contributed by atoms with van der Waals surface area (Å²) in [6.45, 7) is 0.302. The van der Waals surface area contributed by atoms with E-state index >= 15 is 0 Å². The van der Waals surface area contributed by atoms with Gasteiger partial charge in [0.05, 0.1) is 18.8 Å². The lowest BCUT2D eigenvalue weighted by molar-refractivity contribution is -0.146. The van der Waals surface area contributed by atoms with Crippen molar-refractivity contribution in [2.75, 3.05) is 13.7 Å². The average molecular weight is 341 g/mol. The monoisotopic (exact) mass is 341 g/mol. The summed E-state index contributed by atoms with van der Waals surface area (Å²) in [7, 11) is -2.56. The second kappa shape index (κ2) is 5.90. The Morgan fingerprint density at radius 1 is 1.36 bits per heavy atom. The SMILES string of the molecule is COC(=O)[C@@H]1CCCCN1S(=O)(=O)c1cccc2nsnc12. The van der Waals surface area contributed by atoms with Crippen LogP contribution >= 0.6 is 11.7 Å². The molecular weight excluding hydrogens is 326 g/mol. The van der Waals surface area contributed by atoms with Gasteiger partial charge >= 0.3 is 5.97 Å². The van der Waals surface area contributed by atoms with Crippen LogP contribution in [0.3, 0.4) is 0 Å². The minimum atomic E-state index is -3.83. The quantitative estimate of drug-likeness (QED) is 0.784. The number of fused-ring (bicyclic) bond motifs is 1. The van der Waals surface area contributed by atoms with E-state index in [0.29, 0.717) is 24.0 Å². The molecule has 0 N–H and O–H groups in total. The van der Waals surface area contributed by atoms with E-state index in [4.69, 9.17) is 4.74 Å². The van der Waals surface area contributed by atoms with Crippen molar-refractivity contribution in [3.05, 3.63) is 18.2 Å². The lowest BCUT2D eigenvalue weighted by Gasteiger charge is -2.32. The summed E-state index contributed by atoms with van der Waals surface area (Å²) >= 11 is 0.967. The second-order valence-electron chi connectivity index (χ2n) is 5.04. The van der Waals surface area contributed by atoms with Gasteiger partial charge in [-0.2, -0.15) is 13.1 Å². The van der Waals surface area contributed by atoms with Gasteiger partial charge in [0.25, 0.3) is 0 Å². The van der Waals surface area contributed by atoms with E-state index in [0.717, 1.165) is 24.6 Å². The molecule has 0 radical (unpaired) electrons. The summed E-state index contributed by atoms with van der Waals surface area (Å²) in [5.41, 5.74) is 0.888. The molecule has 0 bridgehead atoms. The van der Waals surface area contributed by atoms with Gasteiger partial charge in [0.15, 0.2) is 0 Å². The maximum atomic E-state index is 13.0. The number of carbonyl (C=O) groups excluding carboxylic acids is 1. The van der Waals surface area contributed by atoms with E-state index in [1.165, 1.54) is 17.5 Å². The molecule has 0 spiro atoms. The van der Waals surface area contributed by atoms with Crippen LogP contribution in [0, 0.1) is 0 Å². The van der Waals surface area contributed by atoms with Crippen LogP contribution in [0.2, 0.25) is 0 Å². The third-order valence-corrected chi connectivity index (χ3v) is 6.24. The summed E-state index contributed by atoms with van der Waals surface area (Å²) in [4.78, 5) is 12.0. The molecule has 0 aliphatic carbocycles. The summed E-state index contributed by atoms with van der Waals surface area (Å²) in [5, 5.41) is 0. The average Bonchev–Trinajstić information content (AvgIpc) is 3.02. The lowest BCUT2D eigenvalue weighted by Crippen LogP contribution is -2.48. The third-order valence-electron chi connectivity index (χ3n) is 3.76. The first-order valence-electron chi connectivity index (χ1n) is 6.86. The first kappa shape index (κ1) is 15.3. The molecule has 0 amide bonds. The molecule has 0 saturated carbocycles. The molecule has 7 nitrogen and oxygen atoms in total. The standard InChI is InChI=1S/C13H15N3O4S2/c1-20-13(17)10-6-2-3-8-16(10)22(18,19)11-7-4-5-9-12(11)15-21-14-9/h4-5,7,10H,2-3,6,8H2,1H3/t10-/m0/s1. The molecule has 22 heavy (non-hydrogen) atoms. The van der Waals surface area contributed by atoms with Gasteiger partial charge in [0, 0.05) is 6.54 Å². The molecule has 1 aliphatic heterocycles. The maximum absolute atomic E-state index is 13.0. The van der Waals surface area contributed by atoms with E-state index in [1.54, 1.807) is 12.1 Å². The molecule has 0 unspecified atom stereocenters. The number of hydrogen-bond acceptors (Lipinski definition) is 7. The number of ether oxygens (including phenoxy) is 1. The molecule has 1 aromatic carbocycles. The van der Waals surface area contributed by atoms with E-state index in [-0.39, 0.29) is 4.90 Å². The number of aromatic nitrogens is 2. The van der Waals surface area contributed by atoms with Gasteiger partial charge in [-0.15, -0.1) is 0 Å². The number of sulfonamides is 1. The first-order valence-corrected chi connectivity index (χ1v) is 9.03. The van der Waals surface area contributed by atoms with Crippen LogP contribution in [0.5, 0.6) is 0 Å². The molecule has 2 heterocycles. The van der Waals surface area contributed by atoms with Crippen LogP contribution in [-0.2, 0) is 19.6 Å². The highest BCUT2D eigenvalue weighted by Gasteiger charge is 2.39. The zero-order valence-corrected chi connectivity index (χ0v) is 13.6. The fourth-order valence-electron chi connectivity index (χ4n) is 2.68. The Morgan fingerprint density at radius 2 is 2.18 bits per heavy atom. The topological polar surface area (TPSA) is 89.5 Å². The number of benzene rings is 1. The Hall–Kier alpha value is -1.58. The van der Waals surface area contributed by atoms with Crippen molar-refractivity contribution in [2.45, 2.75) is 30.2 Å². The van der Waals surface area contributed by atoms with E-state index in [2.05, 4.69) is 8.75 Å². The van der Waals surface area contributed by atoms with E-state index in [9.17, 15) is 13.2 Å². The summed E-state index contributed by atoms with van der Waals surface area (Å²) in [6.07, 6.45) is 1.99. The predicted molar refractivity (Wildman–Crippen MR) is 81.0 cm³/mol. The molecule has 1 fully saturated rings. The highest BCUT2D eigenvalue weighted by atomic mass is 32.2. The van der Waals surface area contributed by atoms with Gasteiger partial charge in [0.2, 0.25) is 10.0 Å². The van der Waals surface area contributed by atoms with E-state index in [1.807, 2.05) is 0 Å². The van der Waals surface area contributed by atoms with Crippen molar-refractivity contribution >= 4 is 38.8 Å². The summed E-state index contributed by atoms with van der Waals surface area (Å²) in [6, 6.07) is 4.08. The van der Waals surface area contributed by atoms with Gasteiger partial charge in [-0.05, 0) is 31.4 Å². The number of methoxy groups -OCH3 is 1. The van der Waals surface area contributed by atoms with Gasteiger partial charge in [-0.3, -0.25) is 4.79 Å². The molecule has 9 heteroatoms. The van der Waals surface area contributed by atoms with Crippen LogP contribution < -0.4 is 0 Å². The van der Waals surface area contributed by atoms with Crippen LogP contribution in [0.25, 0.3) is 11.0 Å². The number of hydrogen-bond donors (Lipinski definition) is 0. The molecule has 3 rings (SSSR count). The molecule has 1 aromatic heterocycles. The molecule has 1 aliphatic rings. The van der Waals surface area contributed by atoms with Gasteiger partial charge in [-0.25, -0.2) is 8.42 Å². The minimum absolute atomic E-state index is 0.0922. The van der Waals surface area contributed by atoms with Crippen molar-refractivity contribution in [1.29, 1.82) is 0 Å². The molecule has 2 aromatic rings. The van der Waals surface area contributed by atoms with Crippen molar-refractivity contribution in [2.24, 2.45) is 0 Å². The number of carbonyl (C=O) groups is 1. The van der Waals surface area contributed by atoms with Crippen LogP contribution in [0.4, 0.5) is 0 Å². The highest BCUT2D eigenvalue weighted by molar-refractivity contribution is 7.89. The maximum Gasteiger partial charge on any atom is 0.324 e. The fraction of sp³-hybridized carbons (Fsp3) is 0.462. The molecular formula is C13H15N3O4S2. The zero-order valence-electron chi connectivity index (χ0n) is 11.9. The largest absolute Gasteiger partial charge is 0.468 e. The first-order chi connectivity index (χ1) is 10.6. The molecule has 1 saturated heterocycles. The van der Waals surface area contributed by atoms with Crippen LogP contribution in [0.15, 0.2) is 23.1 Å². The van der Waals surface area contributed by atoms with Gasteiger partial charge in [0.1, 0.15) is 22.0 Å². The Morgan fingerprint density at radius 3 is 2.95 bits per heavy atom. The summed E-state index contributed by atoms with van der Waals surface area (Å²) in [5.74, 6) is -0.521. The van der Waals surface area contributed by atoms with E-state index < -0.39 is 22.0 Å². The second-order valence-corrected chi connectivity index (χ2v) is 7.43. The van der Waals surface area contributed by atoms with Crippen LogP contribution in [-0.4, -0.2) is 47.1 Å². The van der Waals surface area contributed by atoms with Crippen molar-refractivity contribution in [1.82, 2.24) is 13.1 Å². The Kier molecular flexibility index (Phi) is 4.11. The summed E-state index contributed by atoms with van der Waals surface area (Å²) < 4.78 is 40.1. The molecule has 1 atom stereocenters. The van der Waals surface area contributed by atoms with Gasteiger partial charge < -0.3 is 4.74 Å². The lowest BCUT2D eigenvalue weighted by atomic mass is 10.1. The molecule has 118 valence electrons. The fourth-order valence-corrected chi connectivity index (χ4v) is 5.08. The number of piperidine rings is 1. The minimum Gasteiger partial charge on any atom is -0.468 e. The Balaban J connectivity index is 2.08. The van der Waals surface area contributed by atoms with Crippen molar-refractivity contribution < 1.29 is 17.9 Å².